The van der Waals surface area contributed by atoms with Gasteiger partial charge in [0.25, 0.3) is 5.91 Å². The van der Waals surface area contributed by atoms with Crippen molar-refractivity contribution in [1.29, 1.82) is 0 Å². The molecule has 2 rings (SSSR count). The van der Waals surface area contributed by atoms with E-state index >= 15 is 0 Å². The lowest BCUT2D eigenvalue weighted by molar-refractivity contribution is 0.102. The molecule has 0 spiro atoms. The van der Waals surface area contributed by atoms with Crippen LogP contribution in [0.25, 0.3) is 0 Å². The Morgan fingerprint density at radius 2 is 1.75 bits per heavy atom. The standard InChI is InChI=1S/C15H16N2O3/c1-19-11-8-6-10(7-9-11)17-15(18)12-4-3-5-13(16)14(12)20-2/h3-9H,16H2,1-2H3,(H,17,18). The molecule has 0 fully saturated rings. The van der Waals surface area contributed by atoms with E-state index in [1.165, 1.54) is 7.11 Å². The van der Waals surface area contributed by atoms with Crippen molar-refractivity contribution in [3.8, 4) is 11.5 Å². The van der Waals surface area contributed by atoms with Gasteiger partial charge in [0.05, 0.1) is 25.5 Å². The third-order valence-corrected chi connectivity index (χ3v) is 2.84. The van der Waals surface area contributed by atoms with Crippen molar-refractivity contribution in [1.82, 2.24) is 0 Å². The van der Waals surface area contributed by atoms with Gasteiger partial charge < -0.3 is 20.5 Å². The summed E-state index contributed by atoms with van der Waals surface area (Å²) in [6.45, 7) is 0. The maximum absolute atomic E-state index is 12.2. The SMILES string of the molecule is COc1ccc(NC(=O)c2cccc(N)c2OC)cc1. The van der Waals surface area contributed by atoms with Crippen LogP contribution in [0.5, 0.6) is 11.5 Å². The Morgan fingerprint density at radius 1 is 1.05 bits per heavy atom. The summed E-state index contributed by atoms with van der Waals surface area (Å²) >= 11 is 0. The highest BCUT2D eigenvalue weighted by Gasteiger charge is 2.14. The van der Waals surface area contributed by atoms with Gasteiger partial charge in [-0.15, -0.1) is 0 Å². The zero-order valence-electron chi connectivity index (χ0n) is 11.3. The maximum Gasteiger partial charge on any atom is 0.259 e. The van der Waals surface area contributed by atoms with Crippen LogP contribution in [-0.4, -0.2) is 20.1 Å². The van der Waals surface area contributed by atoms with Crippen molar-refractivity contribution < 1.29 is 14.3 Å². The third kappa shape index (κ3) is 2.83. The molecule has 0 saturated heterocycles. The van der Waals surface area contributed by atoms with Crippen molar-refractivity contribution in [3.63, 3.8) is 0 Å². The van der Waals surface area contributed by atoms with Crippen LogP contribution in [0.15, 0.2) is 42.5 Å². The molecule has 0 unspecified atom stereocenters. The molecule has 2 aromatic rings. The highest BCUT2D eigenvalue weighted by atomic mass is 16.5. The molecule has 20 heavy (non-hydrogen) atoms. The Bertz CT molecular complexity index is 609. The second-order valence-corrected chi connectivity index (χ2v) is 4.11. The number of hydrogen-bond acceptors (Lipinski definition) is 4. The molecule has 2 aromatic carbocycles. The number of nitrogen functional groups attached to an aromatic ring is 1. The minimum absolute atomic E-state index is 0.278. The number of ether oxygens (including phenoxy) is 2. The molecule has 5 heteroatoms. The normalized spacial score (nSPS) is 9.90. The Hall–Kier alpha value is -2.69. The molecule has 3 N–H and O–H groups in total. The number of hydrogen-bond donors (Lipinski definition) is 2. The first-order valence-electron chi connectivity index (χ1n) is 6.03. The average molecular weight is 272 g/mol. The van der Waals surface area contributed by atoms with Crippen LogP contribution in [-0.2, 0) is 0 Å². The second kappa shape index (κ2) is 5.97. The molecule has 0 heterocycles. The Balaban J connectivity index is 2.21. The molecule has 0 aromatic heterocycles. The monoisotopic (exact) mass is 272 g/mol. The van der Waals surface area contributed by atoms with Crippen LogP contribution in [0.4, 0.5) is 11.4 Å². The van der Waals surface area contributed by atoms with Gasteiger partial charge in [0, 0.05) is 5.69 Å². The summed E-state index contributed by atoms with van der Waals surface area (Å²) in [6.07, 6.45) is 0. The van der Waals surface area contributed by atoms with E-state index in [4.69, 9.17) is 15.2 Å². The van der Waals surface area contributed by atoms with E-state index in [9.17, 15) is 4.79 Å². The van der Waals surface area contributed by atoms with Crippen LogP contribution < -0.4 is 20.5 Å². The molecular weight excluding hydrogens is 256 g/mol. The summed E-state index contributed by atoms with van der Waals surface area (Å²) in [5.74, 6) is 0.822. The summed E-state index contributed by atoms with van der Waals surface area (Å²) in [6, 6.07) is 12.1. The van der Waals surface area contributed by atoms with E-state index in [2.05, 4.69) is 5.32 Å². The lowest BCUT2D eigenvalue weighted by atomic mass is 10.1. The Morgan fingerprint density at radius 3 is 2.35 bits per heavy atom. The number of carbonyl (C=O) groups is 1. The van der Waals surface area contributed by atoms with Crippen molar-refractivity contribution in [2.75, 3.05) is 25.3 Å². The third-order valence-electron chi connectivity index (χ3n) is 2.84. The summed E-state index contributed by atoms with van der Waals surface area (Å²) in [7, 11) is 3.07. The molecule has 0 saturated carbocycles. The van der Waals surface area contributed by atoms with Gasteiger partial charge in [-0.1, -0.05) is 6.07 Å². The molecule has 104 valence electrons. The van der Waals surface area contributed by atoms with Crippen LogP contribution in [0.1, 0.15) is 10.4 Å². The molecule has 0 radical (unpaired) electrons. The molecule has 0 aliphatic heterocycles. The fraction of sp³-hybridized carbons (Fsp3) is 0.133. The summed E-state index contributed by atoms with van der Waals surface area (Å²) in [5.41, 5.74) is 7.26. The molecule has 1 amide bonds. The number of nitrogens with two attached hydrogens (primary N) is 1. The minimum atomic E-state index is -0.278. The Labute approximate surface area is 117 Å². The minimum Gasteiger partial charge on any atom is -0.497 e. The van der Waals surface area contributed by atoms with E-state index in [1.807, 2.05) is 0 Å². The van der Waals surface area contributed by atoms with Gasteiger partial charge in [-0.3, -0.25) is 4.79 Å². The predicted octanol–water partition coefficient (Wildman–Crippen LogP) is 2.54. The van der Waals surface area contributed by atoms with E-state index in [-0.39, 0.29) is 5.91 Å². The van der Waals surface area contributed by atoms with Crippen molar-refractivity contribution in [2.45, 2.75) is 0 Å². The first-order chi connectivity index (χ1) is 9.65. The molecule has 0 atom stereocenters. The summed E-state index contributed by atoms with van der Waals surface area (Å²) in [5, 5.41) is 2.78. The lowest BCUT2D eigenvalue weighted by Crippen LogP contribution is -2.13. The highest BCUT2D eigenvalue weighted by Crippen LogP contribution is 2.26. The highest BCUT2D eigenvalue weighted by molar-refractivity contribution is 6.07. The maximum atomic E-state index is 12.2. The average Bonchev–Trinajstić information content (AvgIpc) is 2.47. The smallest absolute Gasteiger partial charge is 0.259 e. The van der Waals surface area contributed by atoms with Crippen LogP contribution >= 0.6 is 0 Å². The van der Waals surface area contributed by atoms with E-state index in [0.717, 1.165) is 5.75 Å². The number of carbonyl (C=O) groups excluding carboxylic acids is 1. The van der Waals surface area contributed by atoms with Gasteiger partial charge in [0.1, 0.15) is 5.75 Å². The second-order valence-electron chi connectivity index (χ2n) is 4.11. The largest absolute Gasteiger partial charge is 0.497 e. The first kappa shape index (κ1) is 13.7. The van der Waals surface area contributed by atoms with E-state index in [1.54, 1.807) is 49.6 Å². The van der Waals surface area contributed by atoms with Gasteiger partial charge in [-0.2, -0.15) is 0 Å². The van der Waals surface area contributed by atoms with Gasteiger partial charge in [-0.25, -0.2) is 0 Å². The number of rotatable bonds is 4. The topological polar surface area (TPSA) is 73.6 Å². The fourth-order valence-electron chi connectivity index (χ4n) is 1.83. The van der Waals surface area contributed by atoms with Gasteiger partial charge in [0.2, 0.25) is 0 Å². The number of para-hydroxylation sites is 1. The molecule has 0 bridgehead atoms. The van der Waals surface area contributed by atoms with Crippen LogP contribution in [0, 0.1) is 0 Å². The fourth-order valence-corrected chi connectivity index (χ4v) is 1.83. The quantitative estimate of drug-likeness (QED) is 0.839. The van der Waals surface area contributed by atoms with Gasteiger partial charge >= 0.3 is 0 Å². The first-order valence-corrected chi connectivity index (χ1v) is 6.03. The van der Waals surface area contributed by atoms with Crippen molar-refractivity contribution in [3.05, 3.63) is 48.0 Å². The number of nitrogens with one attached hydrogen (secondary N) is 1. The molecule has 0 aliphatic carbocycles. The number of anilines is 2. The van der Waals surface area contributed by atoms with Crippen molar-refractivity contribution >= 4 is 17.3 Å². The number of benzene rings is 2. The number of amides is 1. The summed E-state index contributed by atoms with van der Waals surface area (Å²) in [4.78, 5) is 12.2. The molecule has 5 nitrogen and oxygen atoms in total. The zero-order chi connectivity index (χ0) is 14.5. The zero-order valence-corrected chi connectivity index (χ0v) is 11.3. The van der Waals surface area contributed by atoms with E-state index < -0.39 is 0 Å². The number of methoxy groups -OCH3 is 2. The molecule has 0 aliphatic rings. The Kier molecular flexibility index (Phi) is 4.10. The van der Waals surface area contributed by atoms with E-state index in [0.29, 0.717) is 22.7 Å². The van der Waals surface area contributed by atoms with Crippen LogP contribution in [0.3, 0.4) is 0 Å². The molecular formula is C15H16N2O3. The lowest BCUT2D eigenvalue weighted by Gasteiger charge is -2.11. The summed E-state index contributed by atoms with van der Waals surface area (Å²) < 4.78 is 10.2. The van der Waals surface area contributed by atoms with Gasteiger partial charge in [-0.05, 0) is 36.4 Å². The van der Waals surface area contributed by atoms with Gasteiger partial charge in [0.15, 0.2) is 5.75 Å². The van der Waals surface area contributed by atoms with Crippen LogP contribution in [0.2, 0.25) is 0 Å². The predicted molar refractivity (Wildman–Crippen MR) is 78.4 cm³/mol. The van der Waals surface area contributed by atoms with Crippen molar-refractivity contribution in [2.24, 2.45) is 0 Å².